The number of amides is 2. The van der Waals surface area contributed by atoms with E-state index in [0.29, 0.717) is 6.54 Å². The predicted octanol–water partition coefficient (Wildman–Crippen LogP) is 4.23. The van der Waals surface area contributed by atoms with Gasteiger partial charge in [0.1, 0.15) is 0 Å². The molecule has 0 aliphatic carbocycles. The fourth-order valence-corrected chi connectivity index (χ4v) is 3.74. The Morgan fingerprint density at radius 3 is 2.32 bits per heavy atom. The van der Waals surface area contributed by atoms with Gasteiger partial charge in [0.05, 0.1) is 12.2 Å². The van der Waals surface area contributed by atoms with Gasteiger partial charge in [-0.05, 0) is 50.5 Å². The summed E-state index contributed by atoms with van der Waals surface area (Å²) in [5, 5.41) is 5.84. The topological polar surface area (TPSA) is 53.6 Å². The maximum absolute atomic E-state index is 12.2. The summed E-state index contributed by atoms with van der Waals surface area (Å²) < 4.78 is 5.80. The van der Waals surface area contributed by atoms with Crippen molar-refractivity contribution in [2.24, 2.45) is 0 Å². The van der Waals surface area contributed by atoms with Crippen molar-refractivity contribution in [1.29, 1.82) is 0 Å². The number of ether oxygens (including phenoxy) is 1. The van der Waals surface area contributed by atoms with Crippen molar-refractivity contribution in [3.05, 3.63) is 64.7 Å². The number of morpholine rings is 1. The van der Waals surface area contributed by atoms with E-state index >= 15 is 0 Å². The van der Waals surface area contributed by atoms with Crippen molar-refractivity contribution in [1.82, 2.24) is 10.2 Å². The molecule has 0 unspecified atom stereocenters. The Balaban J connectivity index is 1.48. The van der Waals surface area contributed by atoms with Crippen molar-refractivity contribution >= 4 is 11.7 Å². The third kappa shape index (κ3) is 5.81. The van der Waals surface area contributed by atoms with Crippen molar-refractivity contribution < 1.29 is 9.53 Å². The van der Waals surface area contributed by atoms with Crippen LogP contribution in [-0.2, 0) is 17.8 Å². The smallest absolute Gasteiger partial charge is 0.319 e. The Kier molecular flexibility index (Phi) is 6.70. The number of nitrogens with one attached hydrogen (secondary N) is 2. The molecule has 5 heteroatoms. The lowest BCUT2D eigenvalue weighted by Crippen LogP contribution is -2.44. The molecule has 2 N–H and O–H groups in total. The lowest BCUT2D eigenvalue weighted by molar-refractivity contribution is -0.0704. The maximum Gasteiger partial charge on any atom is 0.319 e. The number of rotatable bonds is 5. The van der Waals surface area contributed by atoms with Crippen molar-refractivity contribution in [3.8, 4) is 0 Å². The molecule has 1 aliphatic heterocycles. The first-order valence-corrected chi connectivity index (χ1v) is 9.97. The number of anilines is 1. The Morgan fingerprint density at radius 2 is 1.68 bits per heavy atom. The SMILES string of the molecule is Cc1ccc(NC(=O)NCc2ccc(CN3C[C@@H](C)O[C@@H](C)C3)cc2)c(C)c1. The van der Waals surface area contributed by atoms with Gasteiger partial charge in [-0.2, -0.15) is 0 Å². The molecule has 2 atom stereocenters. The molecule has 2 aromatic rings. The van der Waals surface area contributed by atoms with Gasteiger partial charge in [-0.3, -0.25) is 4.90 Å². The summed E-state index contributed by atoms with van der Waals surface area (Å²) in [6, 6.07) is 14.3. The van der Waals surface area contributed by atoms with E-state index in [9.17, 15) is 4.79 Å². The minimum absolute atomic E-state index is 0.188. The molecule has 0 spiro atoms. The average molecular weight is 382 g/mol. The van der Waals surface area contributed by atoms with Crippen LogP contribution in [0.15, 0.2) is 42.5 Å². The Labute approximate surface area is 168 Å². The molecular formula is C23H31N3O2. The molecule has 150 valence electrons. The first-order valence-electron chi connectivity index (χ1n) is 9.97. The van der Waals surface area contributed by atoms with Gasteiger partial charge < -0.3 is 15.4 Å². The number of nitrogens with zero attached hydrogens (tertiary/aromatic N) is 1. The monoisotopic (exact) mass is 381 g/mol. The van der Waals surface area contributed by atoms with Crippen LogP contribution in [0.1, 0.15) is 36.1 Å². The van der Waals surface area contributed by atoms with Gasteiger partial charge in [-0.15, -0.1) is 0 Å². The summed E-state index contributed by atoms with van der Waals surface area (Å²) in [5.41, 5.74) is 5.45. The van der Waals surface area contributed by atoms with Crippen LogP contribution in [-0.4, -0.2) is 36.2 Å². The molecule has 3 rings (SSSR count). The first kappa shape index (κ1) is 20.4. The number of carbonyl (C=O) groups excluding carboxylic acids is 1. The Hall–Kier alpha value is -2.37. The molecule has 1 aliphatic rings. The largest absolute Gasteiger partial charge is 0.373 e. The van der Waals surface area contributed by atoms with E-state index < -0.39 is 0 Å². The molecule has 0 aromatic heterocycles. The number of carbonyl (C=O) groups is 1. The second kappa shape index (κ2) is 9.22. The van der Waals surface area contributed by atoms with E-state index in [0.717, 1.165) is 36.4 Å². The van der Waals surface area contributed by atoms with E-state index in [1.807, 2.05) is 26.0 Å². The fourth-order valence-electron chi connectivity index (χ4n) is 3.74. The van der Waals surface area contributed by atoms with Crippen LogP contribution in [0.25, 0.3) is 0 Å². The zero-order valence-electron chi connectivity index (χ0n) is 17.3. The number of hydrogen-bond acceptors (Lipinski definition) is 3. The number of benzene rings is 2. The summed E-state index contributed by atoms with van der Waals surface area (Å²) >= 11 is 0. The molecule has 0 saturated carbocycles. The zero-order valence-corrected chi connectivity index (χ0v) is 17.3. The summed E-state index contributed by atoms with van der Waals surface area (Å²) in [4.78, 5) is 14.6. The second-order valence-electron chi connectivity index (χ2n) is 7.89. The van der Waals surface area contributed by atoms with Gasteiger partial charge in [0.15, 0.2) is 0 Å². The van der Waals surface area contributed by atoms with Crippen LogP contribution in [0.2, 0.25) is 0 Å². The van der Waals surface area contributed by atoms with Crippen molar-refractivity contribution in [2.75, 3.05) is 18.4 Å². The average Bonchev–Trinajstić information content (AvgIpc) is 2.63. The first-order chi connectivity index (χ1) is 13.4. The van der Waals surface area contributed by atoms with E-state index in [1.165, 1.54) is 11.1 Å². The highest BCUT2D eigenvalue weighted by Crippen LogP contribution is 2.16. The molecule has 1 fully saturated rings. The van der Waals surface area contributed by atoms with Crippen molar-refractivity contribution in [3.63, 3.8) is 0 Å². The third-order valence-electron chi connectivity index (χ3n) is 5.01. The highest BCUT2D eigenvalue weighted by molar-refractivity contribution is 5.90. The number of urea groups is 1. The van der Waals surface area contributed by atoms with Crippen LogP contribution in [0, 0.1) is 13.8 Å². The molecule has 2 amide bonds. The van der Waals surface area contributed by atoms with Crippen LogP contribution in [0.4, 0.5) is 10.5 Å². The molecule has 28 heavy (non-hydrogen) atoms. The van der Waals surface area contributed by atoms with Gasteiger partial charge in [0.25, 0.3) is 0 Å². The number of aryl methyl sites for hydroxylation is 2. The standard InChI is InChI=1S/C23H31N3O2/c1-16-5-10-22(17(2)11-16)25-23(27)24-12-20-6-8-21(9-7-20)15-26-13-18(3)28-19(4)14-26/h5-11,18-19H,12-15H2,1-4H3,(H2,24,25,27)/t18-,19+. The minimum atomic E-state index is -0.188. The van der Waals surface area contributed by atoms with Gasteiger partial charge >= 0.3 is 6.03 Å². The fraction of sp³-hybridized carbons (Fsp3) is 0.435. The normalized spacial score (nSPS) is 20.0. The van der Waals surface area contributed by atoms with Crippen LogP contribution in [0.3, 0.4) is 0 Å². The summed E-state index contributed by atoms with van der Waals surface area (Å²) in [6.45, 7) is 11.7. The highest BCUT2D eigenvalue weighted by atomic mass is 16.5. The van der Waals surface area contributed by atoms with E-state index in [4.69, 9.17) is 4.74 Å². The summed E-state index contributed by atoms with van der Waals surface area (Å²) in [7, 11) is 0. The second-order valence-corrected chi connectivity index (χ2v) is 7.89. The lowest BCUT2D eigenvalue weighted by atomic mass is 10.1. The van der Waals surface area contributed by atoms with Crippen LogP contribution < -0.4 is 10.6 Å². The molecule has 1 heterocycles. The quantitative estimate of drug-likeness (QED) is 0.815. The third-order valence-corrected chi connectivity index (χ3v) is 5.01. The predicted molar refractivity (Wildman–Crippen MR) is 114 cm³/mol. The van der Waals surface area contributed by atoms with Gasteiger partial charge in [0.2, 0.25) is 0 Å². The van der Waals surface area contributed by atoms with E-state index in [-0.39, 0.29) is 18.2 Å². The van der Waals surface area contributed by atoms with Gasteiger partial charge in [0, 0.05) is 31.9 Å². The lowest BCUT2D eigenvalue weighted by Gasteiger charge is -2.35. The van der Waals surface area contributed by atoms with Gasteiger partial charge in [-0.1, -0.05) is 42.0 Å². The van der Waals surface area contributed by atoms with E-state index in [2.05, 4.69) is 59.7 Å². The molecule has 0 bridgehead atoms. The minimum Gasteiger partial charge on any atom is -0.373 e. The number of hydrogen-bond donors (Lipinski definition) is 2. The molecule has 2 aromatic carbocycles. The molecule has 5 nitrogen and oxygen atoms in total. The molecule has 1 saturated heterocycles. The van der Waals surface area contributed by atoms with Crippen LogP contribution in [0.5, 0.6) is 0 Å². The van der Waals surface area contributed by atoms with Crippen molar-refractivity contribution in [2.45, 2.75) is 53.0 Å². The maximum atomic E-state index is 12.2. The Morgan fingerprint density at radius 1 is 1.04 bits per heavy atom. The van der Waals surface area contributed by atoms with Crippen LogP contribution >= 0.6 is 0 Å². The Bertz CT molecular complexity index is 794. The summed E-state index contributed by atoms with van der Waals surface area (Å²) in [5.74, 6) is 0. The summed E-state index contributed by atoms with van der Waals surface area (Å²) in [6.07, 6.45) is 0.561. The molecule has 0 radical (unpaired) electrons. The van der Waals surface area contributed by atoms with Gasteiger partial charge in [-0.25, -0.2) is 4.79 Å². The molecular weight excluding hydrogens is 350 g/mol. The zero-order chi connectivity index (χ0) is 20.1. The van der Waals surface area contributed by atoms with E-state index in [1.54, 1.807) is 0 Å². The highest BCUT2D eigenvalue weighted by Gasteiger charge is 2.21.